The summed E-state index contributed by atoms with van der Waals surface area (Å²) < 4.78 is 23.4. The Balaban J connectivity index is 2.24. The summed E-state index contributed by atoms with van der Waals surface area (Å²) in [6.07, 6.45) is 2.87. The summed E-state index contributed by atoms with van der Waals surface area (Å²) in [6, 6.07) is 13.3. The van der Waals surface area contributed by atoms with Crippen LogP contribution >= 0.6 is 11.6 Å². The van der Waals surface area contributed by atoms with Gasteiger partial charge in [0.25, 0.3) is 5.91 Å². The summed E-state index contributed by atoms with van der Waals surface area (Å²) in [4.78, 5) is 12.8. The van der Waals surface area contributed by atoms with Gasteiger partial charge in [-0.2, -0.15) is 0 Å². The molecule has 0 aliphatic rings. The van der Waals surface area contributed by atoms with E-state index in [1.165, 1.54) is 12.1 Å². The van der Waals surface area contributed by atoms with E-state index in [2.05, 4.69) is 19.2 Å². The lowest BCUT2D eigenvalue weighted by atomic mass is 9.97. The van der Waals surface area contributed by atoms with Gasteiger partial charge in [0.05, 0.1) is 10.9 Å². The zero-order valence-corrected chi connectivity index (χ0v) is 16.8. The van der Waals surface area contributed by atoms with Gasteiger partial charge in [-0.05, 0) is 54.7 Å². The standard InChI is InChI=1S/C20H24ClNO3S/c1-14(2)7-12-19(15-8-10-17(21)11-9-15)22-20(23)16-5-4-6-18(13-16)26(3,24)25/h4-6,8-11,13-14,19H,7,12H2,1-3H3,(H,22,23). The Hall–Kier alpha value is -1.85. The summed E-state index contributed by atoms with van der Waals surface area (Å²) in [7, 11) is -3.36. The van der Waals surface area contributed by atoms with Crippen LogP contribution in [0.15, 0.2) is 53.4 Å². The van der Waals surface area contributed by atoms with Crippen LogP contribution in [-0.4, -0.2) is 20.6 Å². The molecular weight excluding hydrogens is 370 g/mol. The number of sulfone groups is 1. The monoisotopic (exact) mass is 393 g/mol. The summed E-state index contributed by atoms with van der Waals surface area (Å²) in [5.41, 5.74) is 1.30. The molecule has 2 aromatic carbocycles. The first-order chi connectivity index (χ1) is 12.2. The maximum atomic E-state index is 12.7. The van der Waals surface area contributed by atoms with Gasteiger partial charge >= 0.3 is 0 Å². The predicted octanol–water partition coefficient (Wildman–Crippen LogP) is 4.65. The van der Waals surface area contributed by atoms with Crippen molar-refractivity contribution in [1.82, 2.24) is 5.32 Å². The van der Waals surface area contributed by atoms with Gasteiger partial charge in [-0.3, -0.25) is 4.79 Å². The maximum absolute atomic E-state index is 12.7. The molecule has 0 heterocycles. The first-order valence-electron chi connectivity index (χ1n) is 8.53. The van der Waals surface area contributed by atoms with Gasteiger partial charge in [0.15, 0.2) is 9.84 Å². The van der Waals surface area contributed by atoms with Crippen molar-refractivity contribution in [3.63, 3.8) is 0 Å². The highest BCUT2D eigenvalue weighted by Crippen LogP contribution is 2.23. The van der Waals surface area contributed by atoms with Crippen LogP contribution < -0.4 is 5.32 Å². The Morgan fingerprint density at radius 1 is 1.08 bits per heavy atom. The van der Waals surface area contributed by atoms with Crippen molar-refractivity contribution in [3.05, 3.63) is 64.7 Å². The molecule has 0 aliphatic heterocycles. The van der Waals surface area contributed by atoms with Crippen molar-refractivity contribution in [3.8, 4) is 0 Å². The molecule has 0 saturated carbocycles. The lowest BCUT2D eigenvalue weighted by molar-refractivity contribution is 0.0933. The van der Waals surface area contributed by atoms with E-state index in [1.807, 2.05) is 12.1 Å². The second kappa shape index (κ2) is 8.69. The number of hydrogen-bond donors (Lipinski definition) is 1. The molecule has 0 radical (unpaired) electrons. The smallest absolute Gasteiger partial charge is 0.251 e. The molecule has 26 heavy (non-hydrogen) atoms. The van der Waals surface area contributed by atoms with E-state index in [0.29, 0.717) is 16.5 Å². The van der Waals surface area contributed by atoms with Crippen LogP contribution in [0.2, 0.25) is 5.02 Å². The molecule has 0 aromatic heterocycles. The largest absolute Gasteiger partial charge is 0.345 e. The van der Waals surface area contributed by atoms with Crippen LogP contribution in [0.25, 0.3) is 0 Å². The molecule has 2 rings (SSSR count). The minimum atomic E-state index is -3.36. The van der Waals surface area contributed by atoms with Gasteiger partial charge in [0, 0.05) is 16.8 Å². The number of hydrogen-bond acceptors (Lipinski definition) is 3. The molecule has 1 N–H and O–H groups in total. The van der Waals surface area contributed by atoms with Crippen molar-refractivity contribution in [2.45, 2.75) is 37.6 Å². The van der Waals surface area contributed by atoms with Crippen LogP contribution in [0.3, 0.4) is 0 Å². The third kappa shape index (κ3) is 5.85. The molecule has 1 amide bonds. The van der Waals surface area contributed by atoms with Crippen LogP contribution in [0.1, 0.15) is 48.7 Å². The predicted molar refractivity (Wildman–Crippen MR) is 105 cm³/mol. The number of rotatable bonds is 7. The number of nitrogens with one attached hydrogen (secondary N) is 1. The number of halogens is 1. The van der Waals surface area contributed by atoms with Gasteiger partial charge in [0.1, 0.15) is 0 Å². The van der Waals surface area contributed by atoms with E-state index in [-0.39, 0.29) is 16.8 Å². The van der Waals surface area contributed by atoms with Crippen LogP contribution in [0.5, 0.6) is 0 Å². The molecule has 1 atom stereocenters. The fraction of sp³-hybridized carbons (Fsp3) is 0.350. The van der Waals surface area contributed by atoms with Crippen molar-refractivity contribution in [2.75, 3.05) is 6.26 Å². The number of carbonyl (C=O) groups excluding carboxylic acids is 1. The summed E-state index contributed by atoms with van der Waals surface area (Å²) in [6.45, 7) is 4.27. The van der Waals surface area contributed by atoms with E-state index >= 15 is 0 Å². The first kappa shape index (κ1) is 20.5. The van der Waals surface area contributed by atoms with Crippen molar-refractivity contribution in [2.24, 2.45) is 5.92 Å². The van der Waals surface area contributed by atoms with Crippen molar-refractivity contribution < 1.29 is 13.2 Å². The molecule has 0 saturated heterocycles. The van der Waals surface area contributed by atoms with Gasteiger partial charge in [-0.25, -0.2) is 8.42 Å². The highest BCUT2D eigenvalue weighted by atomic mass is 35.5. The minimum absolute atomic E-state index is 0.135. The number of carbonyl (C=O) groups is 1. The quantitative estimate of drug-likeness (QED) is 0.744. The number of amides is 1. The summed E-state index contributed by atoms with van der Waals surface area (Å²) in [5.74, 6) is 0.217. The molecule has 0 bridgehead atoms. The zero-order valence-electron chi connectivity index (χ0n) is 15.2. The maximum Gasteiger partial charge on any atom is 0.251 e. The summed E-state index contributed by atoms with van der Waals surface area (Å²) >= 11 is 5.96. The second-order valence-electron chi connectivity index (χ2n) is 6.85. The summed E-state index contributed by atoms with van der Waals surface area (Å²) in [5, 5.41) is 3.67. The molecule has 0 fully saturated rings. The molecule has 0 spiro atoms. The Labute approximate surface area is 160 Å². The minimum Gasteiger partial charge on any atom is -0.345 e. The fourth-order valence-corrected chi connectivity index (χ4v) is 3.42. The Morgan fingerprint density at radius 2 is 1.73 bits per heavy atom. The average Bonchev–Trinajstić information content (AvgIpc) is 2.58. The molecule has 4 nitrogen and oxygen atoms in total. The average molecular weight is 394 g/mol. The highest BCUT2D eigenvalue weighted by Gasteiger charge is 2.18. The second-order valence-corrected chi connectivity index (χ2v) is 9.30. The molecule has 140 valence electrons. The third-order valence-corrected chi connectivity index (χ3v) is 5.50. The van der Waals surface area contributed by atoms with E-state index in [0.717, 1.165) is 24.7 Å². The first-order valence-corrected chi connectivity index (χ1v) is 10.8. The highest BCUT2D eigenvalue weighted by molar-refractivity contribution is 7.90. The van der Waals surface area contributed by atoms with Crippen LogP contribution in [-0.2, 0) is 9.84 Å². The van der Waals surface area contributed by atoms with Crippen molar-refractivity contribution in [1.29, 1.82) is 0 Å². The van der Waals surface area contributed by atoms with Gasteiger partial charge in [-0.1, -0.05) is 43.6 Å². The van der Waals surface area contributed by atoms with Crippen LogP contribution in [0.4, 0.5) is 0 Å². The normalized spacial score (nSPS) is 12.8. The third-order valence-electron chi connectivity index (χ3n) is 4.13. The molecule has 2 aromatic rings. The Bertz CT molecular complexity index is 861. The lowest BCUT2D eigenvalue weighted by Crippen LogP contribution is -2.29. The SMILES string of the molecule is CC(C)CCC(NC(=O)c1cccc(S(C)(=O)=O)c1)c1ccc(Cl)cc1. The van der Waals surface area contributed by atoms with E-state index in [4.69, 9.17) is 11.6 Å². The zero-order chi connectivity index (χ0) is 19.3. The van der Waals surface area contributed by atoms with Gasteiger partial charge in [-0.15, -0.1) is 0 Å². The van der Waals surface area contributed by atoms with Gasteiger partial charge < -0.3 is 5.32 Å². The van der Waals surface area contributed by atoms with E-state index in [1.54, 1.807) is 24.3 Å². The van der Waals surface area contributed by atoms with E-state index < -0.39 is 9.84 Å². The molecule has 6 heteroatoms. The number of benzene rings is 2. The molecule has 1 unspecified atom stereocenters. The Kier molecular flexibility index (Phi) is 6.84. The Morgan fingerprint density at radius 3 is 2.31 bits per heavy atom. The van der Waals surface area contributed by atoms with Crippen molar-refractivity contribution >= 4 is 27.3 Å². The van der Waals surface area contributed by atoms with Gasteiger partial charge in [0.2, 0.25) is 0 Å². The van der Waals surface area contributed by atoms with Crippen LogP contribution in [0, 0.1) is 5.92 Å². The molecule has 0 aliphatic carbocycles. The topological polar surface area (TPSA) is 63.2 Å². The molecular formula is C20H24ClNO3S. The fourth-order valence-electron chi connectivity index (χ4n) is 2.63. The van der Waals surface area contributed by atoms with E-state index in [9.17, 15) is 13.2 Å². The lowest BCUT2D eigenvalue weighted by Gasteiger charge is -2.20.